The van der Waals surface area contributed by atoms with Crippen LogP contribution in [0.25, 0.3) is 6.08 Å². The van der Waals surface area contributed by atoms with E-state index in [4.69, 9.17) is 4.74 Å². The van der Waals surface area contributed by atoms with Crippen LogP contribution in [-0.4, -0.2) is 36.2 Å². The fraction of sp³-hybridized carbons (Fsp3) is 0.474. The number of aliphatic hydroxyl groups is 1. The fourth-order valence-electron chi connectivity index (χ4n) is 2.92. The van der Waals surface area contributed by atoms with E-state index in [2.05, 4.69) is 5.32 Å². The van der Waals surface area contributed by atoms with E-state index in [9.17, 15) is 24.9 Å². The first kappa shape index (κ1) is 27.5. The molecule has 0 saturated heterocycles. The number of carbonyl (C=O) groups excluding carboxylic acids is 2. The monoisotopic (exact) mass is 407 g/mol. The zero-order chi connectivity index (χ0) is 19.4. The van der Waals surface area contributed by atoms with Gasteiger partial charge in [-0.3, -0.25) is 4.79 Å². The maximum Gasteiger partial charge on any atom is 1.00 e. The van der Waals surface area contributed by atoms with Crippen molar-refractivity contribution < 1.29 is 88.8 Å². The molecule has 0 aliphatic heterocycles. The van der Waals surface area contributed by atoms with E-state index in [1.807, 2.05) is 0 Å². The van der Waals surface area contributed by atoms with Crippen molar-refractivity contribution in [3.8, 4) is 11.5 Å². The Morgan fingerprint density at radius 3 is 2.39 bits per heavy atom. The summed E-state index contributed by atoms with van der Waals surface area (Å²) in [6, 6.07) is 4.46. The van der Waals surface area contributed by atoms with Gasteiger partial charge in [-0.2, -0.15) is 0 Å². The average Bonchev–Trinajstić information content (AvgIpc) is 2.62. The zero-order valence-corrected chi connectivity index (χ0v) is 20.9. The van der Waals surface area contributed by atoms with Crippen molar-refractivity contribution in [2.75, 3.05) is 13.7 Å². The summed E-state index contributed by atoms with van der Waals surface area (Å²) in [4.78, 5) is 23.1. The van der Waals surface area contributed by atoms with Gasteiger partial charge < -0.3 is 30.2 Å². The van der Waals surface area contributed by atoms with Gasteiger partial charge in [0.1, 0.15) is 5.75 Å². The summed E-state index contributed by atoms with van der Waals surface area (Å²) in [6.07, 6.45) is 4.01. The van der Waals surface area contributed by atoms with E-state index in [1.165, 1.54) is 31.4 Å². The third kappa shape index (κ3) is 7.37. The molecule has 0 radical (unpaired) electrons. The van der Waals surface area contributed by atoms with Crippen molar-refractivity contribution >= 4 is 18.0 Å². The SMILES string of the molecule is COc1cc(C=CC(=O)NCC2(O)CCC(C)(C(=O)[O-])CC2)ccc1[O-].[Na+].[Na+]. The molecule has 0 bridgehead atoms. The number of methoxy groups -OCH3 is 1. The van der Waals surface area contributed by atoms with Gasteiger partial charge in [-0.25, -0.2) is 0 Å². The number of carboxylic acids is 1. The summed E-state index contributed by atoms with van der Waals surface area (Å²) in [5.41, 5.74) is -1.41. The first-order valence-electron chi connectivity index (χ1n) is 8.42. The molecule has 1 fully saturated rings. The summed E-state index contributed by atoms with van der Waals surface area (Å²) < 4.78 is 4.94. The first-order valence-corrected chi connectivity index (χ1v) is 8.42. The Balaban J connectivity index is 0.00000364. The zero-order valence-electron chi connectivity index (χ0n) is 16.9. The van der Waals surface area contributed by atoms with Crippen LogP contribution in [-0.2, 0) is 9.59 Å². The van der Waals surface area contributed by atoms with Crippen LogP contribution in [0.5, 0.6) is 11.5 Å². The smallest absolute Gasteiger partial charge is 0.870 e. The van der Waals surface area contributed by atoms with Gasteiger partial charge >= 0.3 is 59.1 Å². The quantitative estimate of drug-likeness (QED) is 0.358. The number of hydrogen-bond donors (Lipinski definition) is 2. The third-order valence-electron chi connectivity index (χ3n) is 4.98. The van der Waals surface area contributed by atoms with Crippen LogP contribution in [0.15, 0.2) is 24.3 Å². The Morgan fingerprint density at radius 2 is 1.86 bits per heavy atom. The Labute approximate surface area is 209 Å². The molecular weight excluding hydrogens is 384 g/mol. The van der Waals surface area contributed by atoms with E-state index in [1.54, 1.807) is 13.0 Å². The molecule has 0 unspecified atom stereocenters. The molecule has 1 amide bonds. The maximum absolute atomic E-state index is 12.0. The summed E-state index contributed by atoms with van der Waals surface area (Å²) in [5, 5.41) is 35.7. The minimum atomic E-state index is -1.12. The number of carboxylic acid groups (broad SMARTS) is 1. The maximum atomic E-state index is 12.0. The number of benzene rings is 1. The molecule has 1 aliphatic carbocycles. The van der Waals surface area contributed by atoms with Gasteiger partial charge in [-0.1, -0.05) is 24.8 Å². The number of amides is 1. The number of hydrogen-bond acceptors (Lipinski definition) is 6. The topological polar surface area (TPSA) is 122 Å². The van der Waals surface area contributed by atoms with Crippen LogP contribution in [0.3, 0.4) is 0 Å². The number of ether oxygens (including phenoxy) is 1. The predicted molar refractivity (Wildman–Crippen MR) is 91.0 cm³/mol. The van der Waals surface area contributed by atoms with Gasteiger partial charge in [-0.15, -0.1) is 0 Å². The molecule has 1 saturated carbocycles. The fourth-order valence-corrected chi connectivity index (χ4v) is 2.92. The Morgan fingerprint density at radius 1 is 1.25 bits per heavy atom. The molecule has 2 N–H and O–H groups in total. The standard InChI is InChI=1S/C19H25NO6.2Na/c1-18(17(23)24)7-9-19(25,10-8-18)12-20-16(22)6-4-13-3-5-14(21)15(11-13)26-2;;/h3-6,11,21,25H,7-10,12H2,1-2H3,(H,20,22)(H,23,24);;/q;2*+1/p-2. The third-order valence-corrected chi connectivity index (χ3v) is 4.98. The normalized spacial score (nSPS) is 24.0. The second-order valence-electron chi connectivity index (χ2n) is 7.03. The molecule has 1 aromatic rings. The molecule has 0 heterocycles. The van der Waals surface area contributed by atoms with E-state index in [0.717, 1.165) is 0 Å². The van der Waals surface area contributed by atoms with Crippen LogP contribution < -0.4 is 79.4 Å². The Bertz CT molecular complexity index is 714. The summed E-state index contributed by atoms with van der Waals surface area (Å²) in [6.45, 7) is 1.66. The average molecular weight is 407 g/mol. The van der Waals surface area contributed by atoms with Crippen LogP contribution >= 0.6 is 0 Å². The number of aliphatic carboxylic acids is 1. The molecular formula is C19H23NNa2O6. The Kier molecular flexibility index (Phi) is 11.4. The molecule has 9 heteroatoms. The molecule has 7 nitrogen and oxygen atoms in total. The summed E-state index contributed by atoms with van der Waals surface area (Å²) in [5.74, 6) is -1.54. The van der Waals surface area contributed by atoms with E-state index in [0.29, 0.717) is 18.4 Å². The largest absolute Gasteiger partial charge is 1.00 e. The van der Waals surface area contributed by atoms with Gasteiger partial charge in [0.2, 0.25) is 5.91 Å². The summed E-state index contributed by atoms with van der Waals surface area (Å²) >= 11 is 0. The molecule has 142 valence electrons. The minimum absolute atomic E-state index is 0. The van der Waals surface area contributed by atoms with Gasteiger partial charge in [-0.05, 0) is 43.4 Å². The van der Waals surface area contributed by atoms with Crippen molar-refractivity contribution in [1.29, 1.82) is 0 Å². The van der Waals surface area contributed by atoms with Crippen LogP contribution in [0.2, 0.25) is 0 Å². The van der Waals surface area contributed by atoms with Crippen molar-refractivity contribution in [2.24, 2.45) is 5.41 Å². The molecule has 28 heavy (non-hydrogen) atoms. The van der Waals surface area contributed by atoms with Crippen LogP contribution in [0, 0.1) is 5.41 Å². The number of rotatable bonds is 6. The van der Waals surface area contributed by atoms with Crippen LogP contribution in [0.4, 0.5) is 0 Å². The molecule has 2 rings (SSSR count). The van der Waals surface area contributed by atoms with Gasteiger partial charge in [0.15, 0.2) is 0 Å². The van der Waals surface area contributed by atoms with Gasteiger partial charge in [0.05, 0.1) is 12.7 Å². The first-order chi connectivity index (χ1) is 12.2. The minimum Gasteiger partial charge on any atom is -0.870 e. The van der Waals surface area contributed by atoms with Crippen molar-refractivity contribution in [2.45, 2.75) is 38.2 Å². The van der Waals surface area contributed by atoms with E-state index >= 15 is 0 Å². The Hall–Kier alpha value is -0.540. The molecule has 0 atom stereocenters. The van der Waals surface area contributed by atoms with E-state index in [-0.39, 0.29) is 90.0 Å². The van der Waals surface area contributed by atoms with Crippen molar-refractivity contribution in [3.05, 3.63) is 29.8 Å². The molecule has 1 aliphatic rings. The molecule has 1 aromatic carbocycles. The second-order valence-corrected chi connectivity index (χ2v) is 7.03. The number of nitrogens with one attached hydrogen (secondary N) is 1. The van der Waals surface area contributed by atoms with Gasteiger partial charge in [0, 0.05) is 24.0 Å². The predicted octanol–water partition coefficient (Wildman–Crippen LogP) is -6.03. The number of carbonyl (C=O) groups is 2. The summed E-state index contributed by atoms with van der Waals surface area (Å²) in [7, 11) is 1.40. The second kappa shape index (κ2) is 11.6. The van der Waals surface area contributed by atoms with Crippen LogP contribution in [0.1, 0.15) is 38.2 Å². The van der Waals surface area contributed by atoms with Crippen molar-refractivity contribution in [3.63, 3.8) is 0 Å². The van der Waals surface area contributed by atoms with E-state index < -0.39 is 22.9 Å². The van der Waals surface area contributed by atoms with Crippen molar-refractivity contribution in [1.82, 2.24) is 5.32 Å². The van der Waals surface area contributed by atoms with Gasteiger partial charge in [0.25, 0.3) is 0 Å². The molecule has 0 aromatic heterocycles. The molecule has 0 spiro atoms.